The molecule has 2 aromatic rings. The second kappa shape index (κ2) is 6.55. The average Bonchev–Trinajstić information content (AvgIpc) is 2.78. The van der Waals surface area contributed by atoms with Crippen molar-refractivity contribution in [2.75, 3.05) is 7.05 Å². The first-order chi connectivity index (χ1) is 9.52. The fourth-order valence-electron chi connectivity index (χ4n) is 2.50. The number of hydrogen-bond acceptors (Lipinski definition) is 2. The number of benzene rings is 1. The monoisotopic (exact) mass is 335 g/mol. The van der Waals surface area contributed by atoms with E-state index in [4.69, 9.17) is 0 Å². The number of rotatable bonds is 5. The first-order valence-corrected chi connectivity index (χ1v) is 7.78. The summed E-state index contributed by atoms with van der Waals surface area (Å²) in [6, 6.07) is 9.27. The quantitative estimate of drug-likeness (QED) is 0.893. The van der Waals surface area contributed by atoms with Crippen molar-refractivity contribution in [2.24, 2.45) is 0 Å². The molecule has 2 rings (SSSR count). The fourth-order valence-corrected chi connectivity index (χ4v) is 3.05. The van der Waals surface area contributed by atoms with Gasteiger partial charge in [0.05, 0.1) is 22.4 Å². The van der Waals surface area contributed by atoms with Crippen LogP contribution in [0.4, 0.5) is 0 Å². The van der Waals surface area contributed by atoms with Gasteiger partial charge in [-0.2, -0.15) is 5.10 Å². The van der Waals surface area contributed by atoms with Gasteiger partial charge < -0.3 is 5.32 Å². The molecule has 0 bridgehead atoms. The summed E-state index contributed by atoms with van der Waals surface area (Å²) < 4.78 is 3.15. The molecule has 108 valence electrons. The van der Waals surface area contributed by atoms with Crippen molar-refractivity contribution >= 4 is 15.9 Å². The summed E-state index contributed by atoms with van der Waals surface area (Å²) in [6.45, 7) is 6.44. The first-order valence-electron chi connectivity index (χ1n) is 6.98. The lowest BCUT2D eigenvalue weighted by Crippen LogP contribution is -2.23. The van der Waals surface area contributed by atoms with Crippen LogP contribution in [0.2, 0.25) is 0 Å². The van der Waals surface area contributed by atoms with Crippen molar-refractivity contribution in [3.63, 3.8) is 0 Å². The van der Waals surface area contributed by atoms with Crippen molar-refractivity contribution in [3.8, 4) is 0 Å². The number of nitrogens with one attached hydrogen (secondary N) is 1. The maximum absolute atomic E-state index is 4.47. The molecule has 0 aliphatic rings. The molecule has 1 aromatic carbocycles. The first kappa shape index (κ1) is 15.3. The molecule has 1 aromatic heterocycles. The molecule has 0 spiro atoms. The highest BCUT2D eigenvalue weighted by molar-refractivity contribution is 9.10. The highest BCUT2D eigenvalue weighted by Crippen LogP contribution is 2.28. The van der Waals surface area contributed by atoms with Crippen LogP contribution in [0.25, 0.3) is 0 Å². The number of likely N-dealkylation sites (N-methyl/N-ethyl adjacent to an activating group) is 1. The molecule has 0 aliphatic heterocycles. The van der Waals surface area contributed by atoms with Gasteiger partial charge >= 0.3 is 0 Å². The Hall–Kier alpha value is -1.13. The van der Waals surface area contributed by atoms with Gasteiger partial charge in [-0.1, -0.05) is 29.8 Å². The molecule has 4 heteroatoms. The fraction of sp³-hybridized carbons (Fsp3) is 0.438. The summed E-state index contributed by atoms with van der Waals surface area (Å²) >= 11 is 3.63. The van der Waals surface area contributed by atoms with Gasteiger partial charge in [-0.3, -0.25) is 4.68 Å². The number of halogens is 1. The maximum atomic E-state index is 4.47. The van der Waals surface area contributed by atoms with E-state index in [1.54, 1.807) is 0 Å². The molecule has 0 amide bonds. The second-order valence-electron chi connectivity index (χ2n) is 5.45. The zero-order valence-electron chi connectivity index (χ0n) is 12.5. The molecule has 0 aliphatic carbocycles. The largest absolute Gasteiger partial charge is 0.311 e. The minimum atomic E-state index is 0.246. The Morgan fingerprint density at radius 1 is 1.35 bits per heavy atom. The Bertz CT molecular complexity index is 575. The number of hydrogen-bond donors (Lipinski definition) is 1. The lowest BCUT2D eigenvalue weighted by molar-refractivity contribution is 0.458. The van der Waals surface area contributed by atoms with Crippen LogP contribution < -0.4 is 5.32 Å². The summed E-state index contributed by atoms with van der Waals surface area (Å²) in [7, 11) is 2.00. The van der Waals surface area contributed by atoms with E-state index in [1.165, 1.54) is 16.8 Å². The highest BCUT2D eigenvalue weighted by Gasteiger charge is 2.20. The van der Waals surface area contributed by atoms with E-state index in [1.807, 2.05) is 13.2 Å². The molecule has 0 fully saturated rings. The molecule has 3 nitrogen and oxygen atoms in total. The zero-order valence-corrected chi connectivity index (χ0v) is 14.1. The third-order valence-electron chi connectivity index (χ3n) is 3.48. The van der Waals surface area contributed by atoms with Gasteiger partial charge in [0.1, 0.15) is 0 Å². The maximum Gasteiger partial charge on any atom is 0.0702 e. The van der Waals surface area contributed by atoms with E-state index in [0.717, 1.165) is 10.9 Å². The Morgan fingerprint density at radius 3 is 2.70 bits per heavy atom. The van der Waals surface area contributed by atoms with E-state index in [2.05, 4.69) is 76.1 Å². The molecule has 0 saturated heterocycles. The average molecular weight is 336 g/mol. The van der Waals surface area contributed by atoms with Crippen LogP contribution in [0.5, 0.6) is 0 Å². The van der Waals surface area contributed by atoms with Crippen molar-refractivity contribution < 1.29 is 0 Å². The summed E-state index contributed by atoms with van der Waals surface area (Å²) in [4.78, 5) is 0. The lowest BCUT2D eigenvalue weighted by atomic mass is 10.0. The van der Waals surface area contributed by atoms with E-state index in [0.29, 0.717) is 6.04 Å². The molecular formula is C16H22BrN3. The van der Waals surface area contributed by atoms with Crippen LogP contribution in [0.1, 0.15) is 42.8 Å². The minimum Gasteiger partial charge on any atom is -0.311 e. The predicted molar refractivity (Wildman–Crippen MR) is 87.0 cm³/mol. The van der Waals surface area contributed by atoms with Crippen molar-refractivity contribution in [1.82, 2.24) is 15.1 Å². The summed E-state index contributed by atoms with van der Waals surface area (Å²) in [5, 5.41) is 7.89. The SMILES string of the molecule is CNC(Cc1cccc(C)c1)c1c(Br)cnn1C(C)C. The molecule has 1 N–H and O–H groups in total. The smallest absolute Gasteiger partial charge is 0.0702 e. The molecule has 0 saturated carbocycles. The zero-order chi connectivity index (χ0) is 14.7. The van der Waals surface area contributed by atoms with Gasteiger partial charge in [0.2, 0.25) is 0 Å². The summed E-state index contributed by atoms with van der Waals surface area (Å²) in [5.41, 5.74) is 3.85. The Morgan fingerprint density at radius 2 is 2.10 bits per heavy atom. The van der Waals surface area contributed by atoms with Gasteiger partial charge in [0, 0.05) is 6.04 Å². The third-order valence-corrected chi connectivity index (χ3v) is 4.09. The van der Waals surface area contributed by atoms with E-state index in [9.17, 15) is 0 Å². The molecule has 1 heterocycles. The highest BCUT2D eigenvalue weighted by atomic mass is 79.9. The normalized spacial score (nSPS) is 12.9. The standard InChI is InChI=1S/C16H22BrN3/c1-11(2)20-16(14(17)10-19-20)15(18-4)9-13-7-5-6-12(3)8-13/h5-8,10-11,15,18H,9H2,1-4H3. The third kappa shape index (κ3) is 3.30. The molecule has 0 radical (unpaired) electrons. The Balaban J connectivity index is 2.31. The van der Waals surface area contributed by atoms with Crippen LogP contribution in [-0.4, -0.2) is 16.8 Å². The Labute approximate surface area is 129 Å². The van der Waals surface area contributed by atoms with Crippen LogP contribution in [0, 0.1) is 6.92 Å². The predicted octanol–water partition coefficient (Wildman–Crippen LogP) is 4.04. The topological polar surface area (TPSA) is 29.9 Å². The Kier molecular flexibility index (Phi) is 5.00. The number of aryl methyl sites for hydroxylation is 1. The molecule has 20 heavy (non-hydrogen) atoms. The lowest BCUT2D eigenvalue weighted by Gasteiger charge is -2.21. The molecule has 1 unspecified atom stereocenters. The van der Waals surface area contributed by atoms with Crippen LogP contribution in [0.3, 0.4) is 0 Å². The molecular weight excluding hydrogens is 314 g/mol. The summed E-state index contributed by atoms with van der Waals surface area (Å²) in [5.74, 6) is 0. The van der Waals surface area contributed by atoms with Gasteiger partial charge in [-0.25, -0.2) is 0 Å². The van der Waals surface area contributed by atoms with Crippen LogP contribution in [-0.2, 0) is 6.42 Å². The summed E-state index contributed by atoms with van der Waals surface area (Å²) in [6.07, 6.45) is 2.84. The van der Waals surface area contributed by atoms with Gasteiger partial charge in [0.15, 0.2) is 0 Å². The van der Waals surface area contributed by atoms with Gasteiger partial charge in [-0.15, -0.1) is 0 Å². The van der Waals surface area contributed by atoms with Gasteiger partial charge in [0.25, 0.3) is 0 Å². The van der Waals surface area contributed by atoms with Crippen LogP contribution in [0.15, 0.2) is 34.9 Å². The van der Waals surface area contributed by atoms with Crippen molar-refractivity contribution in [3.05, 3.63) is 51.8 Å². The van der Waals surface area contributed by atoms with E-state index >= 15 is 0 Å². The molecule has 1 atom stereocenters. The van der Waals surface area contributed by atoms with E-state index in [-0.39, 0.29) is 6.04 Å². The van der Waals surface area contributed by atoms with Crippen molar-refractivity contribution in [1.29, 1.82) is 0 Å². The minimum absolute atomic E-state index is 0.246. The van der Waals surface area contributed by atoms with Crippen molar-refractivity contribution in [2.45, 2.75) is 39.3 Å². The number of aromatic nitrogens is 2. The van der Waals surface area contributed by atoms with Gasteiger partial charge in [-0.05, 0) is 55.7 Å². The second-order valence-corrected chi connectivity index (χ2v) is 6.30. The van der Waals surface area contributed by atoms with Crippen LogP contribution >= 0.6 is 15.9 Å². The van der Waals surface area contributed by atoms with E-state index < -0.39 is 0 Å². The number of nitrogens with zero attached hydrogens (tertiary/aromatic N) is 2.